The summed E-state index contributed by atoms with van der Waals surface area (Å²) < 4.78 is 12.1. The quantitative estimate of drug-likeness (QED) is 0.837. The Morgan fingerprint density at radius 2 is 1.95 bits per heavy atom. The van der Waals surface area contributed by atoms with E-state index < -0.39 is 0 Å². The van der Waals surface area contributed by atoms with Crippen LogP contribution in [-0.2, 0) is 13.1 Å². The van der Waals surface area contributed by atoms with Gasteiger partial charge in [-0.25, -0.2) is 4.98 Å². The number of benzene rings is 1. The fourth-order valence-electron chi connectivity index (χ4n) is 2.13. The van der Waals surface area contributed by atoms with E-state index in [2.05, 4.69) is 26.2 Å². The SMILES string of the molecule is Clc1ccc(CNCc2cc(Br)c3c(c2)OCCO3)cn1. The molecule has 1 aromatic carbocycles. The highest BCUT2D eigenvalue weighted by atomic mass is 79.9. The topological polar surface area (TPSA) is 43.4 Å². The molecule has 1 aromatic heterocycles. The second-order valence-electron chi connectivity index (χ2n) is 4.69. The Morgan fingerprint density at radius 3 is 2.76 bits per heavy atom. The van der Waals surface area contributed by atoms with Crippen molar-refractivity contribution < 1.29 is 9.47 Å². The number of halogens is 2. The van der Waals surface area contributed by atoms with Gasteiger partial charge < -0.3 is 14.8 Å². The highest BCUT2D eigenvalue weighted by Crippen LogP contribution is 2.38. The average Bonchev–Trinajstić information content (AvgIpc) is 2.49. The zero-order chi connectivity index (χ0) is 14.7. The highest BCUT2D eigenvalue weighted by Gasteiger charge is 2.16. The fraction of sp³-hybridized carbons (Fsp3) is 0.267. The van der Waals surface area contributed by atoms with Crippen LogP contribution in [0.5, 0.6) is 11.5 Å². The number of nitrogens with zero attached hydrogens (tertiary/aromatic N) is 1. The average molecular weight is 370 g/mol. The van der Waals surface area contributed by atoms with E-state index in [4.69, 9.17) is 21.1 Å². The van der Waals surface area contributed by atoms with Gasteiger partial charge in [-0.1, -0.05) is 17.7 Å². The van der Waals surface area contributed by atoms with Crippen LogP contribution in [0.4, 0.5) is 0 Å². The standard InChI is InChI=1S/C15H14BrClN2O2/c16-12-5-11(6-13-15(12)21-4-3-20-13)8-18-7-10-1-2-14(17)19-9-10/h1-2,5-6,9,18H,3-4,7-8H2. The van der Waals surface area contributed by atoms with Gasteiger partial charge in [0.05, 0.1) is 4.47 Å². The van der Waals surface area contributed by atoms with Gasteiger partial charge in [-0.15, -0.1) is 0 Å². The summed E-state index contributed by atoms with van der Waals surface area (Å²) in [5.41, 5.74) is 2.23. The molecule has 21 heavy (non-hydrogen) atoms. The van der Waals surface area contributed by atoms with E-state index in [1.54, 1.807) is 12.3 Å². The Morgan fingerprint density at radius 1 is 1.14 bits per heavy atom. The predicted octanol–water partition coefficient (Wildman–Crippen LogP) is 3.56. The smallest absolute Gasteiger partial charge is 0.175 e. The first-order valence-electron chi connectivity index (χ1n) is 6.61. The lowest BCUT2D eigenvalue weighted by Gasteiger charge is -2.20. The van der Waals surface area contributed by atoms with E-state index in [0.717, 1.165) is 40.2 Å². The second kappa shape index (κ2) is 6.64. The normalized spacial score (nSPS) is 13.2. The van der Waals surface area contributed by atoms with Crippen molar-refractivity contribution in [2.75, 3.05) is 13.2 Å². The summed E-state index contributed by atoms with van der Waals surface area (Å²) in [7, 11) is 0. The Bertz CT molecular complexity index is 634. The summed E-state index contributed by atoms with van der Waals surface area (Å²) in [5.74, 6) is 1.58. The molecule has 6 heteroatoms. The van der Waals surface area contributed by atoms with E-state index in [0.29, 0.717) is 18.4 Å². The summed E-state index contributed by atoms with van der Waals surface area (Å²) in [6.07, 6.45) is 1.77. The molecule has 110 valence electrons. The Labute approximate surface area is 136 Å². The molecule has 1 N–H and O–H groups in total. The van der Waals surface area contributed by atoms with Crippen molar-refractivity contribution in [1.29, 1.82) is 0 Å². The first-order chi connectivity index (χ1) is 10.2. The van der Waals surface area contributed by atoms with Gasteiger partial charge in [-0.2, -0.15) is 0 Å². The summed E-state index contributed by atoms with van der Waals surface area (Å²) in [6, 6.07) is 7.80. The third kappa shape index (κ3) is 3.67. The van der Waals surface area contributed by atoms with Crippen molar-refractivity contribution in [2.45, 2.75) is 13.1 Å². The molecule has 0 radical (unpaired) electrons. The van der Waals surface area contributed by atoms with E-state index in [1.165, 1.54) is 0 Å². The van der Waals surface area contributed by atoms with Gasteiger partial charge in [0.1, 0.15) is 18.4 Å². The van der Waals surface area contributed by atoms with Crippen LogP contribution in [0, 0.1) is 0 Å². The molecule has 1 aliphatic heterocycles. The van der Waals surface area contributed by atoms with Gasteiger partial charge >= 0.3 is 0 Å². The molecular weight excluding hydrogens is 356 g/mol. The summed E-state index contributed by atoms with van der Waals surface area (Å²) >= 11 is 9.28. The maximum absolute atomic E-state index is 5.76. The third-order valence-electron chi connectivity index (χ3n) is 3.10. The first kappa shape index (κ1) is 14.6. The van der Waals surface area contributed by atoms with Crippen molar-refractivity contribution in [3.05, 3.63) is 51.2 Å². The lowest BCUT2D eigenvalue weighted by Crippen LogP contribution is -2.17. The summed E-state index contributed by atoms with van der Waals surface area (Å²) in [6.45, 7) is 2.65. The number of hydrogen-bond donors (Lipinski definition) is 1. The maximum atomic E-state index is 5.76. The van der Waals surface area contributed by atoms with Crippen molar-refractivity contribution >= 4 is 27.5 Å². The molecule has 2 aromatic rings. The van der Waals surface area contributed by atoms with Gasteiger partial charge in [0.15, 0.2) is 11.5 Å². The largest absolute Gasteiger partial charge is 0.486 e. The van der Waals surface area contributed by atoms with Crippen LogP contribution >= 0.6 is 27.5 Å². The molecule has 0 spiro atoms. The van der Waals surface area contributed by atoms with Gasteiger partial charge in [-0.3, -0.25) is 0 Å². The van der Waals surface area contributed by atoms with Crippen molar-refractivity contribution in [3.63, 3.8) is 0 Å². The third-order valence-corrected chi connectivity index (χ3v) is 3.92. The van der Waals surface area contributed by atoms with Crippen LogP contribution < -0.4 is 14.8 Å². The number of fused-ring (bicyclic) bond motifs is 1. The molecule has 0 atom stereocenters. The summed E-state index contributed by atoms with van der Waals surface area (Å²) in [5, 5.41) is 3.88. The lowest BCUT2D eigenvalue weighted by atomic mass is 10.2. The molecule has 4 nitrogen and oxygen atoms in total. The van der Waals surface area contributed by atoms with Crippen LogP contribution in [-0.4, -0.2) is 18.2 Å². The van der Waals surface area contributed by atoms with Gasteiger partial charge in [0, 0.05) is 19.3 Å². The van der Waals surface area contributed by atoms with Crippen molar-refractivity contribution in [2.24, 2.45) is 0 Å². The van der Waals surface area contributed by atoms with Crippen molar-refractivity contribution in [3.8, 4) is 11.5 Å². The molecule has 0 saturated heterocycles. The molecule has 2 heterocycles. The zero-order valence-electron chi connectivity index (χ0n) is 11.2. The number of aromatic nitrogens is 1. The monoisotopic (exact) mass is 368 g/mol. The fourth-order valence-corrected chi connectivity index (χ4v) is 2.84. The zero-order valence-corrected chi connectivity index (χ0v) is 13.6. The molecular formula is C15H14BrClN2O2. The van der Waals surface area contributed by atoms with Crippen LogP contribution in [0.3, 0.4) is 0 Å². The molecule has 0 aliphatic carbocycles. The number of pyridine rings is 1. The van der Waals surface area contributed by atoms with Gasteiger partial charge in [0.25, 0.3) is 0 Å². The minimum absolute atomic E-state index is 0.509. The molecule has 1 aliphatic rings. The van der Waals surface area contributed by atoms with Crippen molar-refractivity contribution in [1.82, 2.24) is 10.3 Å². The van der Waals surface area contributed by atoms with Crippen LogP contribution in [0.15, 0.2) is 34.9 Å². The number of ether oxygens (including phenoxy) is 2. The number of rotatable bonds is 4. The summed E-state index contributed by atoms with van der Waals surface area (Å²) in [4.78, 5) is 4.06. The minimum Gasteiger partial charge on any atom is -0.486 e. The van der Waals surface area contributed by atoms with Gasteiger partial charge in [0.2, 0.25) is 0 Å². The van der Waals surface area contributed by atoms with E-state index in [9.17, 15) is 0 Å². The van der Waals surface area contributed by atoms with E-state index in [1.807, 2.05) is 18.2 Å². The highest BCUT2D eigenvalue weighted by molar-refractivity contribution is 9.10. The van der Waals surface area contributed by atoms with Crippen LogP contribution in [0.1, 0.15) is 11.1 Å². The molecule has 0 amide bonds. The first-order valence-corrected chi connectivity index (χ1v) is 7.78. The molecule has 3 rings (SSSR count). The molecule has 0 saturated carbocycles. The number of nitrogens with one attached hydrogen (secondary N) is 1. The molecule has 0 unspecified atom stereocenters. The van der Waals surface area contributed by atoms with E-state index in [-0.39, 0.29) is 0 Å². The molecule has 0 bridgehead atoms. The second-order valence-corrected chi connectivity index (χ2v) is 5.94. The minimum atomic E-state index is 0.509. The number of hydrogen-bond acceptors (Lipinski definition) is 4. The maximum Gasteiger partial charge on any atom is 0.175 e. The Kier molecular flexibility index (Phi) is 4.63. The Balaban J connectivity index is 1.63. The van der Waals surface area contributed by atoms with Crippen LogP contribution in [0.25, 0.3) is 0 Å². The van der Waals surface area contributed by atoms with Gasteiger partial charge in [-0.05, 0) is 45.3 Å². The predicted molar refractivity (Wildman–Crippen MR) is 84.9 cm³/mol. The van der Waals surface area contributed by atoms with Crippen LogP contribution in [0.2, 0.25) is 5.15 Å². The Hall–Kier alpha value is -1.30. The van der Waals surface area contributed by atoms with E-state index >= 15 is 0 Å². The lowest BCUT2D eigenvalue weighted by molar-refractivity contribution is 0.170. The molecule has 0 fully saturated rings.